The number of hydrogen-bond acceptors (Lipinski definition) is 4. The molecule has 1 fully saturated rings. The number of carbonyl (C=O) groups is 1. The molecule has 1 aromatic carbocycles. The van der Waals surface area contributed by atoms with Gasteiger partial charge in [-0.1, -0.05) is 17.7 Å². The van der Waals surface area contributed by atoms with E-state index in [0.717, 1.165) is 31.5 Å². The molecule has 1 saturated heterocycles. The molecular weight excluding hydrogens is 386 g/mol. The first-order chi connectivity index (χ1) is 13.5. The minimum absolute atomic E-state index is 0.149. The summed E-state index contributed by atoms with van der Waals surface area (Å²) in [6.07, 6.45) is 1.93. The Morgan fingerprint density at radius 2 is 1.72 bits per heavy atom. The highest BCUT2D eigenvalue weighted by Gasteiger charge is 2.32. The Bertz CT molecular complexity index is 767. The van der Waals surface area contributed by atoms with Gasteiger partial charge in [-0.05, 0) is 79.0 Å². The number of nitrogens with zero attached hydrogens (tertiary/aromatic N) is 2. The quantitative estimate of drug-likeness (QED) is 0.698. The van der Waals surface area contributed by atoms with Crippen LogP contribution >= 0.6 is 0 Å². The topological polar surface area (TPSA) is 69.7 Å². The Morgan fingerprint density at radius 3 is 2.28 bits per heavy atom. The molecular formula is C22H37N3O3S. The smallest absolute Gasteiger partial charge is 0.240 e. The van der Waals surface area contributed by atoms with E-state index < -0.39 is 10.0 Å². The molecule has 0 radical (unpaired) electrons. The van der Waals surface area contributed by atoms with E-state index in [4.69, 9.17) is 0 Å². The number of nitrogens with one attached hydrogen (secondary N) is 1. The molecule has 0 saturated carbocycles. The van der Waals surface area contributed by atoms with Crippen molar-refractivity contribution in [1.29, 1.82) is 0 Å². The summed E-state index contributed by atoms with van der Waals surface area (Å²) in [6, 6.07) is 7.00. The molecule has 1 heterocycles. The summed E-state index contributed by atoms with van der Waals surface area (Å²) >= 11 is 0. The second-order valence-corrected chi connectivity index (χ2v) is 10.5. The Labute approximate surface area is 176 Å². The molecule has 0 aliphatic carbocycles. The maximum absolute atomic E-state index is 13.0. The Balaban J connectivity index is 1.98. The largest absolute Gasteiger partial charge is 0.336 e. The van der Waals surface area contributed by atoms with Gasteiger partial charge >= 0.3 is 0 Å². The first-order valence-electron chi connectivity index (χ1n) is 10.7. The summed E-state index contributed by atoms with van der Waals surface area (Å²) in [5.41, 5.74) is 1.03. The van der Waals surface area contributed by atoms with E-state index in [9.17, 15) is 13.2 Å². The first-order valence-corrected chi connectivity index (χ1v) is 12.1. The van der Waals surface area contributed by atoms with Gasteiger partial charge in [0.25, 0.3) is 0 Å². The number of likely N-dealkylation sites (tertiary alicyclic amines) is 1. The lowest BCUT2D eigenvalue weighted by Gasteiger charge is -2.40. The molecule has 1 aromatic rings. The van der Waals surface area contributed by atoms with E-state index >= 15 is 0 Å². The Kier molecular flexibility index (Phi) is 8.26. The highest BCUT2D eigenvalue weighted by atomic mass is 32.2. The van der Waals surface area contributed by atoms with Crippen LogP contribution in [0.25, 0.3) is 0 Å². The molecule has 2 atom stereocenters. The number of benzene rings is 1. The van der Waals surface area contributed by atoms with Crippen LogP contribution in [0.5, 0.6) is 0 Å². The van der Waals surface area contributed by atoms with E-state index in [1.165, 1.54) is 0 Å². The first kappa shape index (κ1) is 23.8. The molecule has 0 bridgehead atoms. The SMILES string of the molecule is Cc1ccc(S(=O)(=O)NCC2CCCN(C(C)C(=O)N(C(C)C)C(C)C)C2)cc1. The van der Waals surface area contributed by atoms with Crippen LogP contribution in [-0.2, 0) is 14.8 Å². The van der Waals surface area contributed by atoms with Crippen LogP contribution in [0.4, 0.5) is 0 Å². The minimum atomic E-state index is -3.51. The standard InChI is InChI=1S/C22H37N3O3S/c1-16(2)25(17(3)4)22(26)19(6)24-13-7-8-20(15-24)14-23-29(27,28)21-11-9-18(5)10-12-21/h9-12,16-17,19-20,23H,7-8,13-15H2,1-6H3. The fraction of sp³-hybridized carbons (Fsp3) is 0.682. The van der Waals surface area contributed by atoms with Gasteiger partial charge in [0.2, 0.25) is 15.9 Å². The van der Waals surface area contributed by atoms with Gasteiger partial charge in [0.15, 0.2) is 0 Å². The predicted molar refractivity (Wildman–Crippen MR) is 117 cm³/mol. The average molecular weight is 424 g/mol. The van der Waals surface area contributed by atoms with Crippen molar-refractivity contribution in [2.24, 2.45) is 5.92 Å². The molecule has 2 unspecified atom stereocenters. The van der Waals surface area contributed by atoms with Crippen LogP contribution in [0, 0.1) is 12.8 Å². The van der Waals surface area contributed by atoms with Crippen LogP contribution in [0.2, 0.25) is 0 Å². The third kappa shape index (κ3) is 6.27. The van der Waals surface area contributed by atoms with Gasteiger partial charge in [-0.3, -0.25) is 9.69 Å². The van der Waals surface area contributed by atoms with Crippen LogP contribution in [0.15, 0.2) is 29.2 Å². The molecule has 1 aliphatic heterocycles. The summed E-state index contributed by atoms with van der Waals surface area (Å²) in [5.74, 6) is 0.349. The molecule has 1 N–H and O–H groups in total. The Morgan fingerprint density at radius 1 is 1.14 bits per heavy atom. The number of rotatable bonds is 8. The van der Waals surface area contributed by atoms with Crippen molar-refractivity contribution in [3.63, 3.8) is 0 Å². The number of hydrogen-bond donors (Lipinski definition) is 1. The third-order valence-corrected chi connectivity index (χ3v) is 7.16. The Hall–Kier alpha value is -1.44. The predicted octanol–water partition coefficient (Wildman–Crippen LogP) is 3.02. The second kappa shape index (κ2) is 10.0. The molecule has 164 valence electrons. The van der Waals surface area contributed by atoms with E-state index in [-0.39, 0.29) is 30.0 Å². The molecule has 2 rings (SSSR count). The second-order valence-electron chi connectivity index (χ2n) is 8.78. The van der Waals surface area contributed by atoms with E-state index in [2.05, 4.69) is 9.62 Å². The van der Waals surface area contributed by atoms with Crippen molar-refractivity contribution < 1.29 is 13.2 Å². The van der Waals surface area contributed by atoms with Crippen LogP contribution in [0.1, 0.15) is 53.0 Å². The average Bonchev–Trinajstić information content (AvgIpc) is 2.66. The van der Waals surface area contributed by atoms with E-state index in [1.54, 1.807) is 24.3 Å². The maximum atomic E-state index is 13.0. The van der Waals surface area contributed by atoms with Crippen LogP contribution in [-0.4, -0.2) is 61.9 Å². The fourth-order valence-corrected chi connectivity index (χ4v) is 5.24. The van der Waals surface area contributed by atoms with Gasteiger partial charge in [-0.2, -0.15) is 0 Å². The lowest BCUT2D eigenvalue weighted by atomic mass is 9.96. The number of aryl methyl sites for hydroxylation is 1. The maximum Gasteiger partial charge on any atom is 0.240 e. The summed E-state index contributed by atoms with van der Waals surface area (Å²) in [7, 11) is -3.51. The van der Waals surface area contributed by atoms with E-state index in [1.807, 2.05) is 46.4 Å². The van der Waals surface area contributed by atoms with Gasteiger partial charge < -0.3 is 4.90 Å². The zero-order chi connectivity index (χ0) is 21.8. The third-order valence-electron chi connectivity index (χ3n) is 5.72. The van der Waals surface area contributed by atoms with Gasteiger partial charge in [0.05, 0.1) is 10.9 Å². The molecule has 1 aliphatic rings. The fourth-order valence-electron chi connectivity index (χ4n) is 4.12. The molecule has 29 heavy (non-hydrogen) atoms. The number of carbonyl (C=O) groups excluding carboxylic acids is 1. The molecule has 1 amide bonds. The highest BCUT2D eigenvalue weighted by molar-refractivity contribution is 7.89. The lowest BCUT2D eigenvalue weighted by molar-refractivity contribution is -0.140. The number of amides is 1. The van der Waals surface area contributed by atoms with Crippen LogP contribution in [0.3, 0.4) is 0 Å². The number of piperidine rings is 1. The van der Waals surface area contributed by atoms with Crippen molar-refractivity contribution >= 4 is 15.9 Å². The van der Waals surface area contributed by atoms with E-state index in [0.29, 0.717) is 11.4 Å². The van der Waals surface area contributed by atoms with Gasteiger partial charge in [0, 0.05) is 25.2 Å². The normalized spacial score (nSPS) is 19.5. The van der Waals surface area contributed by atoms with Crippen molar-refractivity contribution in [3.05, 3.63) is 29.8 Å². The molecule has 6 nitrogen and oxygen atoms in total. The minimum Gasteiger partial charge on any atom is -0.336 e. The number of sulfonamides is 1. The zero-order valence-electron chi connectivity index (χ0n) is 18.7. The van der Waals surface area contributed by atoms with Crippen molar-refractivity contribution in [3.8, 4) is 0 Å². The van der Waals surface area contributed by atoms with Gasteiger partial charge in [-0.15, -0.1) is 0 Å². The van der Waals surface area contributed by atoms with Crippen molar-refractivity contribution in [2.75, 3.05) is 19.6 Å². The summed E-state index contributed by atoms with van der Waals surface area (Å²) in [5, 5.41) is 0. The summed E-state index contributed by atoms with van der Waals surface area (Å²) in [4.78, 5) is 17.5. The monoisotopic (exact) mass is 423 g/mol. The molecule has 7 heteroatoms. The zero-order valence-corrected chi connectivity index (χ0v) is 19.5. The van der Waals surface area contributed by atoms with Crippen molar-refractivity contribution in [1.82, 2.24) is 14.5 Å². The highest BCUT2D eigenvalue weighted by Crippen LogP contribution is 2.21. The van der Waals surface area contributed by atoms with Gasteiger partial charge in [-0.25, -0.2) is 13.1 Å². The molecule has 0 aromatic heterocycles. The van der Waals surface area contributed by atoms with Crippen molar-refractivity contribution in [2.45, 2.75) is 77.4 Å². The van der Waals surface area contributed by atoms with Crippen LogP contribution < -0.4 is 4.72 Å². The van der Waals surface area contributed by atoms with Gasteiger partial charge in [0.1, 0.15) is 0 Å². The lowest BCUT2D eigenvalue weighted by Crippen LogP contribution is -2.54. The summed E-state index contributed by atoms with van der Waals surface area (Å²) < 4.78 is 27.9. The molecule has 0 spiro atoms. The summed E-state index contributed by atoms with van der Waals surface area (Å²) in [6.45, 7) is 14.1.